The maximum Gasteiger partial charge on any atom is 0.323 e. The SMILES string of the molecule is O=C(O)CN(Cc1ccc(Cl)cc1)C(=O)CCNC(=O)Cc1ccccc1. The molecule has 0 aliphatic rings. The number of benzene rings is 2. The van der Waals surface area contributed by atoms with E-state index in [-0.39, 0.29) is 37.7 Å². The van der Waals surface area contributed by atoms with Crippen LogP contribution in [0.1, 0.15) is 17.5 Å². The highest BCUT2D eigenvalue weighted by Gasteiger charge is 2.17. The first-order valence-corrected chi connectivity index (χ1v) is 8.86. The first-order chi connectivity index (χ1) is 12.9. The van der Waals surface area contributed by atoms with E-state index in [1.807, 2.05) is 30.3 Å². The highest BCUT2D eigenvalue weighted by atomic mass is 35.5. The van der Waals surface area contributed by atoms with E-state index in [1.165, 1.54) is 4.90 Å². The fourth-order valence-electron chi connectivity index (χ4n) is 2.52. The summed E-state index contributed by atoms with van der Waals surface area (Å²) in [5.41, 5.74) is 1.67. The Labute approximate surface area is 162 Å². The van der Waals surface area contributed by atoms with Crippen LogP contribution < -0.4 is 5.32 Å². The average Bonchev–Trinajstić information content (AvgIpc) is 2.63. The lowest BCUT2D eigenvalue weighted by atomic mass is 10.1. The topological polar surface area (TPSA) is 86.7 Å². The number of halogens is 1. The van der Waals surface area contributed by atoms with Crippen LogP contribution in [0.3, 0.4) is 0 Å². The molecule has 0 fully saturated rings. The van der Waals surface area contributed by atoms with Crippen molar-refractivity contribution in [3.63, 3.8) is 0 Å². The summed E-state index contributed by atoms with van der Waals surface area (Å²) in [4.78, 5) is 36.6. The Hall–Kier alpha value is -2.86. The minimum absolute atomic E-state index is 0.0292. The Morgan fingerprint density at radius 3 is 2.26 bits per heavy atom. The van der Waals surface area contributed by atoms with Crippen molar-refractivity contribution < 1.29 is 19.5 Å². The summed E-state index contributed by atoms with van der Waals surface area (Å²) < 4.78 is 0. The van der Waals surface area contributed by atoms with Crippen molar-refractivity contribution in [1.82, 2.24) is 10.2 Å². The van der Waals surface area contributed by atoms with Crippen LogP contribution in [0.4, 0.5) is 0 Å². The minimum atomic E-state index is -1.09. The molecule has 6 nitrogen and oxygen atoms in total. The molecule has 2 aromatic carbocycles. The van der Waals surface area contributed by atoms with Gasteiger partial charge < -0.3 is 15.3 Å². The van der Waals surface area contributed by atoms with Gasteiger partial charge in [0.15, 0.2) is 0 Å². The molecule has 0 aromatic heterocycles. The largest absolute Gasteiger partial charge is 0.480 e. The molecule has 0 radical (unpaired) electrons. The molecule has 2 rings (SSSR count). The molecule has 2 aromatic rings. The second kappa shape index (κ2) is 10.3. The van der Waals surface area contributed by atoms with Crippen LogP contribution >= 0.6 is 11.6 Å². The summed E-state index contributed by atoms with van der Waals surface area (Å²) in [6.07, 6.45) is 0.264. The van der Waals surface area contributed by atoms with Gasteiger partial charge in [0.05, 0.1) is 6.42 Å². The van der Waals surface area contributed by atoms with Crippen LogP contribution in [0.25, 0.3) is 0 Å². The summed E-state index contributed by atoms with van der Waals surface area (Å²) in [5.74, 6) is -1.62. The molecule has 0 atom stereocenters. The maximum absolute atomic E-state index is 12.4. The minimum Gasteiger partial charge on any atom is -0.480 e. The second-order valence-electron chi connectivity index (χ2n) is 6.03. The zero-order valence-corrected chi connectivity index (χ0v) is 15.5. The van der Waals surface area contributed by atoms with E-state index in [1.54, 1.807) is 24.3 Å². The third-order valence-corrected chi connectivity index (χ3v) is 4.09. The fourth-order valence-corrected chi connectivity index (χ4v) is 2.64. The predicted octanol–water partition coefficient (Wildman–Crippen LogP) is 2.50. The number of nitrogens with one attached hydrogen (secondary N) is 1. The van der Waals surface area contributed by atoms with Crippen LogP contribution in [-0.4, -0.2) is 40.9 Å². The number of carboxylic acids is 1. The number of hydrogen-bond donors (Lipinski definition) is 2. The van der Waals surface area contributed by atoms with Gasteiger partial charge in [-0.2, -0.15) is 0 Å². The molecule has 142 valence electrons. The van der Waals surface area contributed by atoms with Gasteiger partial charge >= 0.3 is 5.97 Å². The van der Waals surface area contributed by atoms with Crippen molar-refractivity contribution in [2.75, 3.05) is 13.1 Å². The molecule has 0 bridgehead atoms. The van der Waals surface area contributed by atoms with E-state index >= 15 is 0 Å². The van der Waals surface area contributed by atoms with Gasteiger partial charge in [-0.3, -0.25) is 14.4 Å². The lowest BCUT2D eigenvalue weighted by Crippen LogP contribution is -2.37. The molecule has 0 aliphatic heterocycles. The number of aliphatic carboxylic acids is 1. The number of nitrogens with zero attached hydrogens (tertiary/aromatic N) is 1. The molecule has 2 amide bonds. The van der Waals surface area contributed by atoms with Crippen molar-refractivity contribution in [2.24, 2.45) is 0 Å². The highest BCUT2D eigenvalue weighted by molar-refractivity contribution is 6.30. The van der Waals surface area contributed by atoms with E-state index in [0.29, 0.717) is 5.02 Å². The van der Waals surface area contributed by atoms with Gasteiger partial charge in [0.2, 0.25) is 11.8 Å². The molecule has 27 heavy (non-hydrogen) atoms. The second-order valence-corrected chi connectivity index (χ2v) is 6.47. The Kier molecular flexibility index (Phi) is 7.82. The molecule has 0 unspecified atom stereocenters. The van der Waals surface area contributed by atoms with Crippen molar-refractivity contribution in [2.45, 2.75) is 19.4 Å². The van der Waals surface area contributed by atoms with Gasteiger partial charge in [0, 0.05) is 24.5 Å². The number of carboxylic acid groups (broad SMARTS) is 1. The molecule has 0 heterocycles. The number of carbonyl (C=O) groups excluding carboxylic acids is 2. The van der Waals surface area contributed by atoms with Crippen molar-refractivity contribution in [3.8, 4) is 0 Å². The normalized spacial score (nSPS) is 10.3. The summed E-state index contributed by atoms with van der Waals surface area (Å²) in [6.45, 7) is -0.0824. The van der Waals surface area contributed by atoms with Gasteiger partial charge in [-0.25, -0.2) is 0 Å². The summed E-state index contributed by atoms with van der Waals surface area (Å²) in [6, 6.07) is 16.1. The molecule has 0 spiro atoms. The van der Waals surface area contributed by atoms with Crippen molar-refractivity contribution >= 4 is 29.4 Å². The van der Waals surface area contributed by atoms with Gasteiger partial charge in [0.25, 0.3) is 0 Å². The van der Waals surface area contributed by atoms with E-state index in [9.17, 15) is 14.4 Å². The van der Waals surface area contributed by atoms with Crippen LogP contribution in [0, 0.1) is 0 Å². The van der Waals surface area contributed by atoms with Crippen LogP contribution in [0.5, 0.6) is 0 Å². The average molecular weight is 389 g/mol. The first-order valence-electron chi connectivity index (χ1n) is 8.48. The quantitative estimate of drug-likeness (QED) is 0.691. The van der Waals surface area contributed by atoms with Gasteiger partial charge in [0.1, 0.15) is 6.54 Å². The lowest BCUT2D eigenvalue weighted by Gasteiger charge is -2.21. The van der Waals surface area contributed by atoms with Crippen LogP contribution in [0.2, 0.25) is 5.02 Å². The number of rotatable bonds is 9. The summed E-state index contributed by atoms with van der Waals surface area (Å²) in [7, 11) is 0. The van der Waals surface area contributed by atoms with E-state index in [4.69, 9.17) is 16.7 Å². The molecular formula is C20H21ClN2O4. The Bertz CT molecular complexity index is 778. The molecular weight excluding hydrogens is 368 g/mol. The van der Waals surface area contributed by atoms with Crippen molar-refractivity contribution in [3.05, 3.63) is 70.7 Å². The summed E-state index contributed by atoms with van der Waals surface area (Å²) in [5, 5.41) is 12.3. The zero-order chi connectivity index (χ0) is 19.6. The molecule has 0 aliphatic carbocycles. The molecule has 2 N–H and O–H groups in total. The third kappa shape index (κ3) is 7.50. The van der Waals surface area contributed by atoms with Crippen LogP contribution in [-0.2, 0) is 27.3 Å². The highest BCUT2D eigenvalue weighted by Crippen LogP contribution is 2.12. The molecule has 0 saturated carbocycles. The number of amides is 2. The van der Waals surface area contributed by atoms with Gasteiger partial charge in [-0.15, -0.1) is 0 Å². The van der Waals surface area contributed by atoms with Crippen molar-refractivity contribution in [1.29, 1.82) is 0 Å². The van der Waals surface area contributed by atoms with E-state index < -0.39 is 12.5 Å². The Morgan fingerprint density at radius 1 is 0.963 bits per heavy atom. The monoisotopic (exact) mass is 388 g/mol. The predicted molar refractivity (Wildman–Crippen MR) is 102 cm³/mol. The summed E-state index contributed by atoms with van der Waals surface area (Å²) >= 11 is 5.84. The third-order valence-electron chi connectivity index (χ3n) is 3.83. The fraction of sp³-hybridized carbons (Fsp3) is 0.250. The van der Waals surface area contributed by atoms with Gasteiger partial charge in [-0.05, 0) is 23.3 Å². The van der Waals surface area contributed by atoms with Crippen LogP contribution in [0.15, 0.2) is 54.6 Å². The Morgan fingerprint density at radius 2 is 1.63 bits per heavy atom. The smallest absolute Gasteiger partial charge is 0.323 e. The number of carbonyl (C=O) groups is 3. The lowest BCUT2D eigenvalue weighted by molar-refractivity contribution is -0.145. The number of hydrogen-bond acceptors (Lipinski definition) is 3. The standard InChI is InChI=1S/C20H21ClN2O4/c21-17-8-6-16(7-9-17)13-23(14-20(26)27)19(25)10-11-22-18(24)12-15-4-2-1-3-5-15/h1-9H,10-14H2,(H,22,24)(H,26,27). The Balaban J connectivity index is 1.84. The first kappa shape index (κ1) is 20.5. The van der Waals surface area contributed by atoms with E-state index in [0.717, 1.165) is 11.1 Å². The molecule has 0 saturated heterocycles. The maximum atomic E-state index is 12.4. The molecule has 7 heteroatoms. The van der Waals surface area contributed by atoms with E-state index in [2.05, 4.69) is 5.32 Å². The van der Waals surface area contributed by atoms with Gasteiger partial charge in [-0.1, -0.05) is 54.1 Å². The zero-order valence-electron chi connectivity index (χ0n) is 14.7.